The highest BCUT2D eigenvalue weighted by molar-refractivity contribution is 7.89. The molecular formula is C22H24F3N3O4S. The summed E-state index contributed by atoms with van der Waals surface area (Å²) in [4.78, 5) is 28.6. The number of carbonyl (C=O) groups excluding carboxylic acids is 2. The third kappa shape index (κ3) is 5.19. The summed E-state index contributed by atoms with van der Waals surface area (Å²) < 4.78 is 65.7. The predicted octanol–water partition coefficient (Wildman–Crippen LogP) is 2.83. The van der Waals surface area contributed by atoms with Gasteiger partial charge in [0.1, 0.15) is 0 Å². The molecule has 0 spiro atoms. The Morgan fingerprint density at radius 1 is 0.909 bits per heavy atom. The number of nitrogens with zero attached hydrogens (tertiary/aromatic N) is 2. The fraction of sp³-hybridized carbons (Fsp3) is 0.364. The van der Waals surface area contributed by atoms with E-state index in [9.17, 15) is 31.2 Å². The van der Waals surface area contributed by atoms with Crippen molar-refractivity contribution in [2.24, 2.45) is 0 Å². The van der Waals surface area contributed by atoms with Crippen molar-refractivity contribution < 1.29 is 31.2 Å². The van der Waals surface area contributed by atoms with Gasteiger partial charge in [0.25, 0.3) is 11.8 Å². The maximum atomic E-state index is 13.0. The normalized spacial score (nSPS) is 15.0. The molecule has 7 nitrogen and oxygen atoms in total. The number of piperazine rings is 1. The Bertz CT molecular complexity index is 1190. The maximum Gasteiger partial charge on any atom is 0.416 e. The Morgan fingerprint density at radius 2 is 1.45 bits per heavy atom. The first-order chi connectivity index (χ1) is 15.3. The van der Waals surface area contributed by atoms with Crippen molar-refractivity contribution in [3.8, 4) is 0 Å². The van der Waals surface area contributed by atoms with Gasteiger partial charge in [0.05, 0.1) is 10.5 Å². The Balaban J connectivity index is 1.74. The van der Waals surface area contributed by atoms with Crippen molar-refractivity contribution in [3.63, 3.8) is 0 Å². The van der Waals surface area contributed by atoms with Crippen LogP contribution in [0.25, 0.3) is 0 Å². The lowest BCUT2D eigenvalue weighted by molar-refractivity contribution is -0.137. The highest BCUT2D eigenvalue weighted by Crippen LogP contribution is 2.30. The van der Waals surface area contributed by atoms with Crippen molar-refractivity contribution in [2.45, 2.75) is 24.9 Å². The van der Waals surface area contributed by atoms with E-state index in [0.717, 1.165) is 12.1 Å². The van der Waals surface area contributed by atoms with Crippen LogP contribution in [0.5, 0.6) is 0 Å². The molecule has 1 heterocycles. The second-order valence-electron chi connectivity index (χ2n) is 7.79. The summed E-state index contributed by atoms with van der Waals surface area (Å²) in [6.07, 6.45) is -4.55. The van der Waals surface area contributed by atoms with E-state index in [2.05, 4.69) is 4.72 Å². The molecule has 0 aliphatic carbocycles. The first kappa shape index (κ1) is 24.7. The molecule has 1 N–H and O–H groups in total. The zero-order valence-electron chi connectivity index (χ0n) is 18.4. The smallest absolute Gasteiger partial charge is 0.335 e. The van der Waals surface area contributed by atoms with Gasteiger partial charge in [-0.1, -0.05) is 6.07 Å². The Hall–Kier alpha value is -2.92. The molecule has 0 bridgehead atoms. The lowest BCUT2D eigenvalue weighted by Crippen LogP contribution is -2.50. The second-order valence-corrected chi connectivity index (χ2v) is 9.64. The van der Waals surface area contributed by atoms with Gasteiger partial charge >= 0.3 is 6.18 Å². The van der Waals surface area contributed by atoms with Gasteiger partial charge in [-0.3, -0.25) is 9.59 Å². The lowest BCUT2D eigenvalue weighted by atomic mass is 10.0. The summed E-state index contributed by atoms with van der Waals surface area (Å²) in [7, 11) is -2.47. The minimum Gasteiger partial charge on any atom is -0.335 e. The van der Waals surface area contributed by atoms with Gasteiger partial charge in [0.15, 0.2) is 0 Å². The average Bonchev–Trinajstić information content (AvgIpc) is 2.79. The summed E-state index contributed by atoms with van der Waals surface area (Å²) in [6.45, 7) is 4.01. The predicted molar refractivity (Wildman–Crippen MR) is 115 cm³/mol. The SMILES string of the molecule is CNS(=O)(=O)c1cc(C(=O)N2CCN(C(=O)c3cccc(C(F)(F)F)c3)CC2)cc(C)c1C. The van der Waals surface area contributed by atoms with Crippen LogP contribution < -0.4 is 4.72 Å². The molecule has 33 heavy (non-hydrogen) atoms. The lowest BCUT2D eigenvalue weighted by Gasteiger charge is -2.35. The monoisotopic (exact) mass is 483 g/mol. The number of alkyl halides is 3. The Kier molecular flexibility index (Phi) is 6.85. The molecule has 178 valence electrons. The highest BCUT2D eigenvalue weighted by atomic mass is 32.2. The fourth-order valence-electron chi connectivity index (χ4n) is 3.65. The number of sulfonamides is 1. The average molecular weight is 484 g/mol. The standard InChI is InChI=1S/C22H24F3N3O4S/c1-14-11-17(13-19(15(14)2)33(31,32)26-3)21(30)28-9-7-27(8-10-28)20(29)16-5-4-6-18(12-16)22(23,24)25/h4-6,11-13,26H,7-10H2,1-3H3. The summed E-state index contributed by atoms with van der Waals surface area (Å²) in [5.41, 5.74) is 0.430. The number of benzene rings is 2. The van der Waals surface area contributed by atoms with E-state index in [-0.39, 0.29) is 48.1 Å². The minimum absolute atomic E-state index is 0.0201. The molecule has 0 saturated carbocycles. The quantitative estimate of drug-likeness (QED) is 0.725. The van der Waals surface area contributed by atoms with Gasteiger partial charge in [0.2, 0.25) is 10.0 Å². The van der Waals surface area contributed by atoms with Gasteiger partial charge in [0, 0.05) is 37.3 Å². The van der Waals surface area contributed by atoms with Gasteiger partial charge in [-0.25, -0.2) is 13.1 Å². The number of rotatable bonds is 4. The molecule has 2 aromatic carbocycles. The molecule has 0 unspecified atom stereocenters. The molecule has 1 saturated heterocycles. The molecule has 1 fully saturated rings. The van der Waals surface area contributed by atoms with Gasteiger partial charge < -0.3 is 9.80 Å². The van der Waals surface area contributed by atoms with E-state index in [0.29, 0.717) is 11.1 Å². The van der Waals surface area contributed by atoms with Crippen molar-refractivity contribution in [3.05, 3.63) is 64.2 Å². The Labute approximate surface area is 190 Å². The van der Waals surface area contributed by atoms with Crippen LogP contribution >= 0.6 is 0 Å². The summed E-state index contributed by atoms with van der Waals surface area (Å²) >= 11 is 0. The van der Waals surface area contributed by atoms with E-state index in [1.165, 1.54) is 35.0 Å². The van der Waals surface area contributed by atoms with Crippen molar-refractivity contribution >= 4 is 21.8 Å². The van der Waals surface area contributed by atoms with Gasteiger partial charge in [-0.15, -0.1) is 0 Å². The summed E-state index contributed by atoms with van der Waals surface area (Å²) in [6, 6.07) is 7.18. The van der Waals surface area contributed by atoms with Crippen LogP contribution in [0.3, 0.4) is 0 Å². The molecule has 1 aliphatic heterocycles. The molecule has 0 atom stereocenters. The number of amides is 2. The number of hydrogen-bond donors (Lipinski definition) is 1. The zero-order valence-corrected chi connectivity index (χ0v) is 19.2. The van der Waals surface area contributed by atoms with Crippen LogP contribution in [-0.2, 0) is 16.2 Å². The number of hydrogen-bond acceptors (Lipinski definition) is 4. The molecular weight excluding hydrogens is 459 g/mol. The van der Waals surface area contributed by atoms with Crippen LogP contribution in [0, 0.1) is 13.8 Å². The number of aryl methyl sites for hydroxylation is 1. The molecule has 2 aromatic rings. The number of nitrogens with one attached hydrogen (secondary N) is 1. The number of carbonyl (C=O) groups is 2. The second kappa shape index (κ2) is 9.14. The molecule has 1 aliphatic rings. The molecule has 11 heteroatoms. The third-order valence-corrected chi connectivity index (χ3v) is 7.26. The van der Waals surface area contributed by atoms with Crippen molar-refractivity contribution in [1.82, 2.24) is 14.5 Å². The van der Waals surface area contributed by atoms with Crippen LogP contribution in [0.2, 0.25) is 0 Å². The van der Waals surface area contributed by atoms with E-state index < -0.39 is 27.7 Å². The van der Waals surface area contributed by atoms with E-state index in [1.54, 1.807) is 19.9 Å². The van der Waals surface area contributed by atoms with E-state index >= 15 is 0 Å². The fourth-order valence-corrected chi connectivity index (χ4v) is 4.71. The highest BCUT2D eigenvalue weighted by Gasteiger charge is 2.32. The topological polar surface area (TPSA) is 86.8 Å². The van der Waals surface area contributed by atoms with E-state index in [1.807, 2.05) is 0 Å². The van der Waals surface area contributed by atoms with Crippen molar-refractivity contribution in [2.75, 3.05) is 33.2 Å². The van der Waals surface area contributed by atoms with Gasteiger partial charge in [-0.2, -0.15) is 13.2 Å². The summed E-state index contributed by atoms with van der Waals surface area (Å²) in [5, 5.41) is 0. The number of halogens is 3. The van der Waals surface area contributed by atoms with E-state index in [4.69, 9.17) is 0 Å². The van der Waals surface area contributed by atoms with Gasteiger partial charge in [-0.05, 0) is 62.4 Å². The molecule has 3 rings (SSSR count). The van der Waals surface area contributed by atoms with Crippen molar-refractivity contribution in [1.29, 1.82) is 0 Å². The van der Waals surface area contributed by atoms with Crippen LogP contribution in [-0.4, -0.2) is 63.3 Å². The zero-order chi connectivity index (χ0) is 24.6. The van der Waals surface area contributed by atoms with Crippen LogP contribution in [0.4, 0.5) is 13.2 Å². The molecule has 0 radical (unpaired) electrons. The largest absolute Gasteiger partial charge is 0.416 e. The molecule has 0 aromatic heterocycles. The first-order valence-corrected chi connectivity index (χ1v) is 11.6. The van der Waals surface area contributed by atoms with Crippen LogP contribution in [0.15, 0.2) is 41.3 Å². The Morgan fingerprint density at radius 3 is 1.97 bits per heavy atom. The maximum absolute atomic E-state index is 13.0. The first-order valence-electron chi connectivity index (χ1n) is 10.2. The summed E-state index contributed by atoms with van der Waals surface area (Å²) in [5.74, 6) is -0.918. The third-order valence-electron chi connectivity index (χ3n) is 5.72. The van der Waals surface area contributed by atoms with Crippen LogP contribution in [0.1, 0.15) is 37.4 Å². The minimum atomic E-state index is -4.55. The molecule has 2 amide bonds.